The van der Waals surface area contributed by atoms with Gasteiger partial charge in [0.15, 0.2) is 0 Å². The Balaban J connectivity index is 2.21. The van der Waals surface area contributed by atoms with E-state index >= 15 is 0 Å². The van der Waals surface area contributed by atoms with Gasteiger partial charge < -0.3 is 0 Å². The minimum atomic E-state index is 0.680. The lowest BCUT2D eigenvalue weighted by atomic mass is 9.88. The Morgan fingerprint density at radius 1 is 1.27 bits per heavy atom. The number of rotatable bonds is 1. The summed E-state index contributed by atoms with van der Waals surface area (Å²) in [6.07, 6.45) is 5.18. The van der Waals surface area contributed by atoms with Crippen molar-refractivity contribution in [3.63, 3.8) is 0 Å². The molecule has 1 unspecified atom stereocenters. The van der Waals surface area contributed by atoms with Gasteiger partial charge in [0.25, 0.3) is 0 Å². The van der Waals surface area contributed by atoms with Crippen molar-refractivity contribution in [3.8, 4) is 0 Å². The first-order valence-electron chi connectivity index (χ1n) is 5.90. The summed E-state index contributed by atoms with van der Waals surface area (Å²) >= 11 is 0. The normalized spacial score (nSPS) is 24.4. The predicted molar refractivity (Wildman–Crippen MR) is 65.9 cm³/mol. The molecule has 0 aromatic heterocycles. The molecule has 1 nitrogen and oxygen atoms in total. The molecular formula is C14H19N. The van der Waals surface area contributed by atoms with Crippen LogP contribution in [0.1, 0.15) is 38.2 Å². The van der Waals surface area contributed by atoms with Gasteiger partial charge in [-0.3, -0.25) is 4.99 Å². The first-order chi connectivity index (χ1) is 7.25. The fourth-order valence-corrected chi connectivity index (χ4v) is 2.20. The SMILES string of the molecule is Cc1cccc(/N=C2\CCCCC2C)c1. The maximum atomic E-state index is 4.78. The Morgan fingerprint density at radius 3 is 2.87 bits per heavy atom. The van der Waals surface area contributed by atoms with Gasteiger partial charge in [0.1, 0.15) is 0 Å². The van der Waals surface area contributed by atoms with E-state index in [1.807, 2.05) is 0 Å². The van der Waals surface area contributed by atoms with Gasteiger partial charge in [0.05, 0.1) is 5.69 Å². The molecule has 0 heterocycles. The van der Waals surface area contributed by atoms with Crippen molar-refractivity contribution in [1.82, 2.24) is 0 Å². The largest absolute Gasteiger partial charge is 0.258 e. The molecule has 1 fully saturated rings. The molecule has 0 amide bonds. The van der Waals surface area contributed by atoms with Gasteiger partial charge in [-0.05, 0) is 49.8 Å². The summed E-state index contributed by atoms with van der Waals surface area (Å²) < 4.78 is 0. The van der Waals surface area contributed by atoms with E-state index in [4.69, 9.17) is 4.99 Å². The average molecular weight is 201 g/mol. The Morgan fingerprint density at radius 2 is 2.13 bits per heavy atom. The molecule has 1 aliphatic carbocycles. The van der Waals surface area contributed by atoms with E-state index in [2.05, 4.69) is 38.1 Å². The second-order valence-corrected chi connectivity index (χ2v) is 4.59. The highest BCUT2D eigenvalue weighted by atomic mass is 14.8. The molecule has 15 heavy (non-hydrogen) atoms. The summed E-state index contributed by atoms with van der Waals surface area (Å²) in [7, 11) is 0. The first kappa shape index (κ1) is 10.4. The standard InChI is InChI=1S/C14H19N/c1-11-6-5-8-13(10-11)15-14-9-4-3-7-12(14)2/h5-6,8,10,12H,3-4,7,9H2,1-2H3/b15-14+. The minimum Gasteiger partial charge on any atom is -0.258 e. The summed E-state index contributed by atoms with van der Waals surface area (Å²) in [4.78, 5) is 4.78. The van der Waals surface area contributed by atoms with Crippen LogP contribution in [-0.4, -0.2) is 5.71 Å². The van der Waals surface area contributed by atoms with Gasteiger partial charge in [-0.25, -0.2) is 0 Å². The van der Waals surface area contributed by atoms with Crippen LogP contribution >= 0.6 is 0 Å². The third-order valence-corrected chi connectivity index (χ3v) is 3.16. The highest BCUT2D eigenvalue weighted by Gasteiger charge is 2.15. The van der Waals surface area contributed by atoms with Crippen molar-refractivity contribution in [2.45, 2.75) is 39.5 Å². The topological polar surface area (TPSA) is 12.4 Å². The van der Waals surface area contributed by atoms with Crippen molar-refractivity contribution in [1.29, 1.82) is 0 Å². The minimum absolute atomic E-state index is 0.680. The zero-order valence-electron chi connectivity index (χ0n) is 9.66. The number of benzene rings is 1. The maximum absolute atomic E-state index is 4.78. The molecule has 1 saturated carbocycles. The molecule has 0 saturated heterocycles. The van der Waals surface area contributed by atoms with E-state index in [9.17, 15) is 0 Å². The monoisotopic (exact) mass is 201 g/mol. The smallest absolute Gasteiger partial charge is 0.0631 e. The maximum Gasteiger partial charge on any atom is 0.0631 e. The summed E-state index contributed by atoms with van der Waals surface area (Å²) in [5.41, 5.74) is 3.81. The van der Waals surface area contributed by atoms with Crippen LogP contribution in [-0.2, 0) is 0 Å². The average Bonchev–Trinajstić information content (AvgIpc) is 2.22. The van der Waals surface area contributed by atoms with E-state index in [-0.39, 0.29) is 0 Å². The van der Waals surface area contributed by atoms with Gasteiger partial charge in [-0.1, -0.05) is 25.5 Å². The van der Waals surface area contributed by atoms with Crippen molar-refractivity contribution in [2.75, 3.05) is 0 Å². The van der Waals surface area contributed by atoms with Crippen molar-refractivity contribution in [3.05, 3.63) is 29.8 Å². The van der Waals surface area contributed by atoms with Crippen LogP contribution in [0.2, 0.25) is 0 Å². The summed E-state index contributed by atoms with van der Waals surface area (Å²) in [5, 5.41) is 0. The quantitative estimate of drug-likeness (QED) is 0.643. The fourth-order valence-electron chi connectivity index (χ4n) is 2.20. The number of aryl methyl sites for hydroxylation is 1. The number of aliphatic imine (C=N–C) groups is 1. The molecule has 1 atom stereocenters. The van der Waals surface area contributed by atoms with Crippen LogP contribution in [0.25, 0.3) is 0 Å². The molecule has 1 aromatic carbocycles. The molecule has 0 radical (unpaired) electrons. The number of hydrogen-bond donors (Lipinski definition) is 0. The van der Waals surface area contributed by atoms with E-state index in [1.54, 1.807) is 0 Å². The van der Waals surface area contributed by atoms with Gasteiger partial charge in [-0.15, -0.1) is 0 Å². The third kappa shape index (κ3) is 2.68. The van der Waals surface area contributed by atoms with Crippen molar-refractivity contribution in [2.24, 2.45) is 10.9 Å². The highest BCUT2D eigenvalue weighted by Crippen LogP contribution is 2.24. The van der Waals surface area contributed by atoms with Crippen LogP contribution in [0.5, 0.6) is 0 Å². The number of nitrogens with zero attached hydrogens (tertiary/aromatic N) is 1. The van der Waals surface area contributed by atoms with E-state index in [1.165, 1.54) is 37.0 Å². The lowest BCUT2D eigenvalue weighted by Gasteiger charge is -2.20. The predicted octanol–water partition coefficient (Wildman–Crippen LogP) is 4.28. The summed E-state index contributed by atoms with van der Waals surface area (Å²) in [6.45, 7) is 4.42. The Labute approximate surface area is 92.2 Å². The molecule has 2 rings (SSSR count). The van der Waals surface area contributed by atoms with Gasteiger partial charge in [0.2, 0.25) is 0 Å². The lowest BCUT2D eigenvalue weighted by molar-refractivity contribution is 0.560. The molecule has 0 N–H and O–H groups in total. The zero-order chi connectivity index (χ0) is 10.7. The molecular weight excluding hydrogens is 182 g/mol. The second-order valence-electron chi connectivity index (χ2n) is 4.59. The number of hydrogen-bond acceptors (Lipinski definition) is 1. The Kier molecular flexibility index (Phi) is 3.20. The highest BCUT2D eigenvalue weighted by molar-refractivity contribution is 5.89. The molecule has 0 spiro atoms. The van der Waals surface area contributed by atoms with E-state index < -0.39 is 0 Å². The molecule has 0 bridgehead atoms. The van der Waals surface area contributed by atoms with Crippen LogP contribution < -0.4 is 0 Å². The van der Waals surface area contributed by atoms with Crippen LogP contribution in [0.4, 0.5) is 5.69 Å². The van der Waals surface area contributed by atoms with Crippen LogP contribution in [0.3, 0.4) is 0 Å². The van der Waals surface area contributed by atoms with Crippen molar-refractivity contribution >= 4 is 11.4 Å². The van der Waals surface area contributed by atoms with Gasteiger partial charge in [-0.2, -0.15) is 0 Å². The molecule has 80 valence electrons. The Bertz CT molecular complexity index is 365. The van der Waals surface area contributed by atoms with E-state index in [0.717, 1.165) is 5.69 Å². The molecule has 1 heteroatoms. The van der Waals surface area contributed by atoms with Crippen LogP contribution in [0, 0.1) is 12.8 Å². The lowest BCUT2D eigenvalue weighted by Crippen LogP contribution is -2.15. The first-order valence-corrected chi connectivity index (χ1v) is 5.90. The van der Waals surface area contributed by atoms with Crippen molar-refractivity contribution < 1.29 is 0 Å². The van der Waals surface area contributed by atoms with E-state index in [0.29, 0.717) is 5.92 Å². The summed E-state index contributed by atoms with van der Waals surface area (Å²) in [5.74, 6) is 0.680. The molecule has 1 aliphatic rings. The summed E-state index contributed by atoms with van der Waals surface area (Å²) in [6, 6.07) is 8.46. The Hall–Kier alpha value is -1.11. The van der Waals surface area contributed by atoms with Crippen LogP contribution in [0.15, 0.2) is 29.3 Å². The van der Waals surface area contributed by atoms with Gasteiger partial charge in [0, 0.05) is 5.71 Å². The molecule has 0 aliphatic heterocycles. The fraction of sp³-hybridized carbons (Fsp3) is 0.500. The third-order valence-electron chi connectivity index (χ3n) is 3.16. The molecule has 1 aromatic rings. The zero-order valence-corrected chi connectivity index (χ0v) is 9.66. The second kappa shape index (κ2) is 4.61. The van der Waals surface area contributed by atoms with Gasteiger partial charge >= 0.3 is 0 Å².